The van der Waals surface area contributed by atoms with E-state index in [4.69, 9.17) is 4.74 Å². The zero-order chi connectivity index (χ0) is 13.1. The zero-order valence-electron chi connectivity index (χ0n) is 12.4. The van der Waals surface area contributed by atoms with Gasteiger partial charge < -0.3 is 15.4 Å². The van der Waals surface area contributed by atoms with Crippen LogP contribution in [0.2, 0.25) is 0 Å². The lowest BCUT2D eigenvalue weighted by molar-refractivity contribution is -0.0971. The Balaban J connectivity index is 0.00000180. The molecule has 0 bridgehead atoms. The Labute approximate surface area is 134 Å². The van der Waals surface area contributed by atoms with Crippen molar-refractivity contribution < 1.29 is 4.74 Å². The van der Waals surface area contributed by atoms with Crippen molar-refractivity contribution in [1.82, 2.24) is 10.6 Å². The standard InChI is InChI=1S/C14H27N3O.HI/c1-4-14(6-5-7-14)9-17-12(15-3)16-8-13(2)10-18-11-13;/h4-11H2,1-3H3,(H2,15,16,17);1H. The molecule has 1 aliphatic carbocycles. The molecule has 112 valence electrons. The van der Waals surface area contributed by atoms with Crippen molar-refractivity contribution in [3.63, 3.8) is 0 Å². The number of nitrogens with zero attached hydrogens (tertiary/aromatic N) is 1. The summed E-state index contributed by atoms with van der Waals surface area (Å²) in [4.78, 5) is 4.30. The number of aliphatic imine (C=N–C) groups is 1. The third-order valence-corrected chi connectivity index (χ3v) is 4.60. The quantitative estimate of drug-likeness (QED) is 0.437. The van der Waals surface area contributed by atoms with Crippen molar-refractivity contribution in [2.75, 3.05) is 33.4 Å². The Hall–Kier alpha value is -0.0400. The number of rotatable bonds is 5. The van der Waals surface area contributed by atoms with Crippen molar-refractivity contribution in [3.8, 4) is 0 Å². The van der Waals surface area contributed by atoms with Gasteiger partial charge in [-0.1, -0.05) is 20.3 Å². The monoisotopic (exact) mass is 381 g/mol. The van der Waals surface area contributed by atoms with E-state index in [1.54, 1.807) is 0 Å². The number of guanidine groups is 1. The molecule has 1 aliphatic heterocycles. The largest absolute Gasteiger partial charge is 0.380 e. The van der Waals surface area contributed by atoms with Crippen LogP contribution in [0.15, 0.2) is 4.99 Å². The molecule has 0 unspecified atom stereocenters. The lowest BCUT2D eigenvalue weighted by Gasteiger charge is -2.42. The first-order valence-electron chi connectivity index (χ1n) is 7.14. The number of hydrogen-bond acceptors (Lipinski definition) is 2. The van der Waals surface area contributed by atoms with Gasteiger partial charge in [-0.3, -0.25) is 4.99 Å². The van der Waals surface area contributed by atoms with E-state index < -0.39 is 0 Å². The summed E-state index contributed by atoms with van der Waals surface area (Å²) in [5, 5.41) is 6.90. The van der Waals surface area contributed by atoms with Crippen LogP contribution in [-0.4, -0.2) is 39.3 Å². The molecule has 2 fully saturated rings. The van der Waals surface area contributed by atoms with Gasteiger partial charge in [0.2, 0.25) is 0 Å². The summed E-state index contributed by atoms with van der Waals surface area (Å²) in [6, 6.07) is 0. The summed E-state index contributed by atoms with van der Waals surface area (Å²) in [5.74, 6) is 0.933. The number of nitrogens with one attached hydrogen (secondary N) is 2. The van der Waals surface area contributed by atoms with Gasteiger partial charge in [0.25, 0.3) is 0 Å². The van der Waals surface area contributed by atoms with Gasteiger partial charge in [-0.05, 0) is 24.7 Å². The Bertz CT molecular complexity index is 306. The predicted octanol–water partition coefficient (Wildman–Crippen LogP) is 2.39. The van der Waals surface area contributed by atoms with Crippen molar-refractivity contribution >= 4 is 29.9 Å². The molecule has 2 N–H and O–H groups in total. The van der Waals surface area contributed by atoms with E-state index in [9.17, 15) is 0 Å². The van der Waals surface area contributed by atoms with Crippen LogP contribution >= 0.6 is 24.0 Å². The minimum absolute atomic E-state index is 0. The molecule has 1 heterocycles. The second-order valence-corrected chi connectivity index (χ2v) is 6.29. The summed E-state index contributed by atoms with van der Waals surface area (Å²) >= 11 is 0. The van der Waals surface area contributed by atoms with Gasteiger partial charge in [0.15, 0.2) is 5.96 Å². The Morgan fingerprint density at radius 2 is 1.84 bits per heavy atom. The molecule has 2 rings (SSSR count). The summed E-state index contributed by atoms with van der Waals surface area (Å²) in [5.41, 5.74) is 0.817. The van der Waals surface area contributed by atoms with Crippen LogP contribution in [0, 0.1) is 10.8 Å². The second kappa shape index (κ2) is 7.11. The van der Waals surface area contributed by atoms with E-state index in [2.05, 4.69) is 29.5 Å². The average Bonchev–Trinajstić information content (AvgIpc) is 2.29. The molecular formula is C14H28IN3O. The highest BCUT2D eigenvalue weighted by Gasteiger charge is 2.36. The SMILES string of the molecule is CCC1(CNC(=NC)NCC2(C)COC2)CCC1.I. The average molecular weight is 381 g/mol. The summed E-state index contributed by atoms with van der Waals surface area (Å²) in [7, 11) is 1.84. The molecule has 0 aromatic heterocycles. The second-order valence-electron chi connectivity index (χ2n) is 6.29. The molecule has 0 aromatic carbocycles. The fourth-order valence-electron chi connectivity index (χ4n) is 2.67. The van der Waals surface area contributed by atoms with Gasteiger partial charge in [-0.15, -0.1) is 24.0 Å². The molecular weight excluding hydrogens is 353 g/mol. The van der Waals surface area contributed by atoms with Crippen LogP contribution in [-0.2, 0) is 4.74 Å². The normalized spacial score (nSPS) is 23.6. The summed E-state index contributed by atoms with van der Waals surface area (Å²) in [6.45, 7) is 8.24. The maximum absolute atomic E-state index is 5.26. The lowest BCUT2D eigenvalue weighted by atomic mass is 9.67. The van der Waals surface area contributed by atoms with E-state index in [1.807, 2.05) is 7.05 Å². The minimum atomic E-state index is 0. The number of ether oxygens (including phenoxy) is 1. The van der Waals surface area contributed by atoms with Crippen molar-refractivity contribution in [1.29, 1.82) is 0 Å². The first-order valence-corrected chi connectivity index (χ1v) is 7.14. The third-order valence-electron chi connectivity index (χ3n) is 4.60. The molecule has 2 aliphatic rings. The van der Waals surface area contributed by atoms with E-state index in [-0.39, 0.29) is 29.4 Å². The van der Waals surface area contributed by atoms with Gasteiger partial charge in [0.05, 0.1) is 13.2 Å². The van der Waals surface area contributed by atoms with Crippen molar-refractivity contribution in [2.45, 2.75) is 39.5 Å². The van der Waals surface area contributed by atoms with Crippen LogP contribution in [0.4, 0.5) is 0 Å². The first-order chi connectivity index (χ1) is 8.61. The fraction of sp³-hybridized carbons (Fsp3) is 0.929. The van der Waals surface area contributed by atoms with E-state index in [0.717, 1.165) is 32.3 Å². The Morgan fingerprint density at radius 3 is 2.21 bits per heavy atom. The van der Waals surface area contributed by atoms with Crippen LogP contribution in [0.5, 0.6) is 0 Å². The maximum Gasteiger partial charge on any atom is 0.191 e. The van der Waals surface area contributed by atoms with Crippen LogP contribution < -0.4 is 10.6 Å². The van der Waals surface area contributed by atoms with Crippen LogP contribution in [0.1, 0.15) is 39.5 Å². The third kappa shape index (κ3) is 4.21. The van der Waals surface area contributed by atoms with E-state index in [0.29, 0.717) is 5.41 Å². The highest BCUT2D eigenvalue weighted by Crippen LogP contribution is 2.42. The molecule has 0 amide bonds. The zero-order valence-corrected chi connectivity index (χ0v) is 14.8. The topological polar surface area (TPSA) is 45.7 Å². The fourth-order valence-corrected chi connectivity index (χ4v) is 2.67. The number of halogens is 1. The first kappa shape index (κ1) is 17.0. The van der Waals surface area contributed by atoms with Crippen LogP contribution in [0.25, 0.3) is 0 Å². The van der Waals surface area contributed by atoms with Crippen molar-refractivity contribution in [2.24, 2.45) is 15.8 Å². The van der Waals surface area contributed by atoms with Crippen molar-refractivity contribution in [3.05, 3.63) is 0 Å². The number of hydrogen-bond donors (Lipinski definition) is 2. The highest BCUT2D eigenvalue weighted by atomic mass is 127. The maximum atomic E-state index is 5.26. The minimum Gasteiger partial charge on any atom is -0.380 e. The Kier molecular flexibility index (Phi) is 6.36. The van der Waals surface area contributed by atoms with E-state index in [1.165, 1.54) is 25.7 Å². The molecule has 0 atom stereocenters. The van der Waals surface area contributed by atoms with Gasteiger partial charge in [-0.25, -0.2) is 0 Å². The molecule has 4 nitrogen and oxygen atoms in total. The molecule has 0 radical (unpaired) electrons. The van der Waals surface area contributed by atoms with Gasteiger partial charge in [0, 0.05) is 25.6 Å². The van der Waals surface area contributed by atoms with Gasteiger partial charge >= 0.3 is 0 Å². The Morgan fingerprint density at radius 1 is 1.21 bits per heavy atom. The molecule has 1 saturated carbocycles. The summed E-state index contributed by atoms with van der Waals surface area (Å²) in [6.07, 6.45) is 5.37. The lowest BCUT2D eigenvalue weighted by Crippen LogP contribution is -2.52. The molecule has 19 heavy (non-hydrogen) atoms. The van der Waals surface area contributed by atoms with Gasteiger partial charge in [0.1, 0.15) is 0 Å². The van der Waals surface area contributed by atoms with Gasteiger partial charge in [-0.2, -0.15) is 0 Å². The smallest absolute Gasteiger partial charge is 0.191 e. The highest BCUT2D eigenvalue weighted by molar-refractivity contribution is 14.0. The molecule has 0 aromatic rings. The molecule has 0 spiro atoms. The summed E-state index contributed by atoms with van der Waals surface area (Å²) < 4.78 is 5.26. The predicted molar refractivity (Wildman–Crippen MR) is 90.3 cm³/mol. The van der Waals surface area contributed by atoms with E-state index >= 15 is 0 Å². The molecule has 5 heteroatoms. The van der Waals surface area contributed by atoms with Crippen LogP contribution in [0.3, 0.4) is 0 Å². The molecule has 1 saturated heterocycles.